The van der Waals surface area contributed by atoms with E-state index in [9.17, 15) is 4.79 Å². The lowest BCUT2D eigenvalue weighted by molar-refractivity contribution is -0.136. The van der Waals surface area contributed by atoms with E-state index in [1.807, 2.05) is 6.07 Å². The van der Waals surface area contributed by atoms with Crippen LogP contribution >= 0.6 is 24.2 Å². The molecule has 0 spiro atoms. The molecule has 0 saturated heterocycles. The Labute approximate surface area is 91.3 Å². The van der Waals surface area contributed by atoms with Crippen LogP contribution in [0.4, 0.5) is 0 Å². The average Bonchev–Trinajstić information content (AvgIpc) is 2.11. The monoisotopic (exact) mass is 227 g/mol. The van der Waals surface area contributed by atoms with Gasteiger partial charge in [0.25, 0.3) is 0 Å². The predicted molar refractivity (Wildman–Crippen MR) is 54.8 cm³/mol. The van der Waals surface area contributed by atoms with Gasteiger partial charge < -0.3 is 5.11 Å². The first-order valence-corrected chi connectivity index (χ1v) is 4.51. The predicted octanol–water partition coefficient (Wildman–Crippen LogP) is 2.13. The molecule has 14 heavy (non-hydrogen) atoms. The largest absolute Gasteiger partial charge is 0.481 e. The summed E-state index contributed by atoms with van der Waals surface area (Å²) in [6, 6.07) is 4.98. The van der Waals surface area contributed by atoms with Crippen LogP contribution in [-0.4, -0.2) is 11.1 Å². The SMILES string of the molecule is N#Cc1c(S)ccc(Cl)c1CC(=O)O. The summed E-state index contributed by atoms with van der Waals surface area (Å²) in [5, 5.41) is 17.7. The molecule has 0 unspecified atom stereocenters. The second-order valence-corrected chi connectivity index (χ2v) is 3.49. The van der Waals surface area contributed by atoms with Gasteiger partial charge in [-0.1, -0.05) is 11.6 Å². The quantitative estimate of drug-likeness (QED) is 0.761. The van der Waals surface area contributed by atoms with Crippen molar-refractivity contribution in [2.75, 3.05) is 0 Å². The van der Waals surface area contributed by atoms with Gasteiger partial charge >= 0.3 is 5.97 Å². The van der Waals surface area contributed by atoms with Crippen molar-refractivity contribution in [2.45, 2.75) is 11.3 Å². The van der Waals surface area contributed by atoms with Crippen molar-refractivity contribution in [3.05, 3.63) is 28.3 Å². The number of nitrogens with zero attached hydrogens (tertiary/aromatic N) is 1. The van der Waals surface area contributed by atoms with Gasteiger partial charge in [0, 0.05) is 15.5 Å². The number of thiol groups is 1. The summed E-state index contributed by atoms with van der Waals surface area (Å²) in [7, 11) is 0. The summed E-state index contributed by atoms with van der Waals surface area (Å²) >= 11 is 9.82. The van der Waals surface area contributed by atoms with Crippen molar-refractivity contribution in [3.63, 3.8) is 0 Å². The summed E-state index contributed by atoms with van der Waals surface area (Å²) in [5.74, 6) is -1.03. The summed E-state index contributed by atoms with van der Waals surface area (Å²) in [6.45, 7) is 0. The van der Waals surface area contributed by atoms with Crippen molar-refractivity contribution in [1.29, 1.82) is 5.26 Å². The topological polar surface area (TPSA) is 61.1 Å². The van der Waals surface area contributed by atoms with Crippen LogP contribution in [0.15, 0.2) is 17.0 Å². The number of carboxylic acids is 1. The van der Waals surface area contributed by atoms with E-state index >= 15 is 0 Å². The zero-order valence-electron chi connectivity index (χ0n) is 6.99. The maximum atomic E-state index is 10.5. The third-order valence-corrected chi connectivity index (χ3v) is 2.40. The van der Waals surface area contributed by atoms with Gasteiger partial charge in [-0.25, -0.2) is 0 Å². The molecule has 0 fully saturated rings. The maximum absolute atomic E-state index is 10.5. The Kier molecular flexibility index (Phi) is 3.39. The average molecular weight is 228 g/mol. The first-order chi connectivity index (χ1) is 6.56. The van der Waals surface area contributed by atoms with E-state index in [2.05, 4.69) is 12.6 Å². The smallest absolute Gasteiger partial charge is 0.307 e. The minimum atomic E-state index is -1.03. The molecule has 3 nitrogen and oxygen atoms in total. The minimum Gasteiger partial charge on any atom is -0.481 e. The van der Waals surface area contributed by atoms with Gasteiger partial charge in [-0.15, -0.1) is 12.6 Å². The number of benzene rings is 1. The summed E-state index contributed by atoms with van der Waals surface area (Å²) in [6.07, 6.45) is -0.268. The highest BCUT2D eigenvalue weighted by molar-refractivity contribution is 7.80. The number of halogens is 1. The maximum Gasteiger partial charge on any atom is 0.307 e. The molecule has 1 aromatic rings. The minimum absolute atomic E-state index is 0.225. The second kappa shape index (κ2) is 4.36. The van der Waals surface area contributed by atoms with Crippen molar-refractivity contribution in [1.82, 2.24) is 0 Å². The van der Waals surface area contributed by atoms with Crippen LogP contribution in [0, 0.1) is 11.3 Å². The Morgan fingerprint density at radius 3 is 2.79 bits per heavy atom. The number of hydrogen-bond donors (Lipinski definition) is 2. The van der Waals surface area contributed by atoms with Crippen LogP contribution in [0.5, 0.6) is 0 Å². The van der Waals surface area contributed by atoms with E-state index in [1.54, 1.807) is 6.07 Å². The molecule has 5 heteroatoms. The highest BCUT2D eigenvalue weighted by Crippen LogP contribution is 2.25. The van der Waals surface area contributed by atoms with Crippen molar-refractivity contribution >= 4 is 30.2 Å². The molecule has 0 heterocycles. The highest BCUT2D eigenvalue weighted by Gasteiger charge is 2.13. The molecule has 1 rings (SSSR count). The number of carbonyl (C=O) groups is 1. The van der Waals surface area contributed by atoms with E-state index < -0.39 is 5.97 Å². The van der Waals surface area contributed by atoms with Gasteiger partial charge in [-0.3, -0.25) is 4.79 Å². The standard InChI is InChI=1S/C9H6ClNO2S/c10-7-1-2-8(14)6(4-11)5(7)3-9(12)13/h1-2,14H,3H2,(H,12,13). The van der Waals surface area contributed by atoms with E-state index in [4.69, 9.17) is 22.0 Å². The first-order valence-electron chi connectivity index (χ1n) is 3.68. The molecule has 0 atom stereocenters. The summed E-state index contributed by atoms with van der Waals surface area (Å²) in [5.41, 5.74) is 0.539. The lowest BCUT2D eigenvalue weighted by Crippen LogP contribution is -2.03. The zero-order valence-corrected chi connectivity index (χ0v) is 8.64. The molecule has 0 aliphatic heterocycles. The van der Waals surface area contributed by atoms with Crippen molar-refractivity contribution in [3.8, 4) is 6.07 Å². The molecule has 0 aliphatic carbocycles. The van der Waals surface area contributed by atoms with Gasteiger partial charge in [-0.05, 0) is 12.1 Å². The van der Waals surface area contributed by atoms with Crippen LogP contribution in [-0.2, 0) is 11.2 Å². The summed E-state index contributed by atoms with van der Waals surface area (Å²) < 4.78 is 0. The Balaban J connectivity index is 3.31. The van der Waals surface area contributed by atoms with Crippen LogP contribution in [0.2, 0.25) is 5.02 Å². The third kappa shape index (κ3) is 2.19. The fraction of sp³-hybridized carbons (Fsp3) is 0.111. The van der Waals surface area contributed by atoms with E-state index in [0.717, 1.165) is 0 Å². The Hall–Kier alpha value is -1.18. The Bertz CT molecular complexity index is 426. The van der Waals surface area contributed by atoms with Crippen LogP contribution < -0.4 is 0 Å². The fourth-order valence-corrected chi connectivity index (χ4v) is 1.54. The van der Waals surface area contributed by atoms with E-state index in [1.165, 1.54) is 6.07 Å². The van der Waals surface area contributed by atoms with E-state index in [-0.39, 0.29) is 17.0 Å². The fourth-order valence-electron chi connectivity index (χ4n) is 1.06. The van der Waals surface area contributed by atoms with Crippen LogP contribution in [0.3, 0.4) is 0 Å². The second-order valence-electron chi connectivity index (χ2n) is 2.60. The molecule has 0 bridgehead atoms. The van der Waals surface area contributed by atoms with Crippen LogP contribution in [0.25, 0.3) is 0 Å². The molecule has 0 aromatic heterocycles. The molecular formula is C9H6ClNO2S. The third-order valence-electron chi connectivity index (χ3n) is 1.67. The molecule has 0 amide bonds. The molecule has 1 aromatic carbocycles. The first kappa shape index (κ1) is 10.9. The summed E-state index contributed by atoms with van der Waals surface area (Å²) in [4.78, 5) is 10.9. The van der Waals surface area contributed by atoms with Crippen molar-refractivity contribution in [2.24, 2.45) is 0 Å². The molecular weight excluding hydrogens is 222 g/mol. The van der Waals surface area contributed by atoms with Gasteiger partial charge in [0.15, 0.2) is 0 Å². The zero-order chi connectivity index (χ0) is 10.7. The lowest BCUT2D eigenvalue weighted by atomic mass is 10.1. The number of hydrogen-bond acceptors (Lipinski definition) is 3. The number of carboxylic acid groups (broad SMARTS) is 1. The molecule has 0 aliphatic rings. The van der Waals surface area contributed by atoms with Gasteiger partial charge in [-0.2, -0.15) is 5.26 Å². The number of rotatable bonds is 2. The van der Waals surface area contributed by atoms with E-state index in [0.29, 0.717) is 10.5 Å². The Morgan fingerprint density at radius 2 is 2.29 bits per heavy atom. The number of aliphatic carboxylic acids is 1. The highest BCUT2D eigenvalue weighted by atomic mass is 35.5. The van der Waals surface area contributed by atoms with Crippen molar-refractivity contribution < 1.29 is 9.90 Å². The van der Waals surface area contributed by atoms with Gasteiger partial charge in [0.2, 0.25) is 0 Å². The number of nitriles is 1. The molecule has 72 valence electrons. The molecule has 0 radical (unpaired) electrons. The van der Waals surface area contributed by atoms with Gasteiger partial charge in [0.1, 0.15) is 6.07 Å². The molecule has 0 saturated carbocycles. The van der Waals surface area contributed by atoms with Crippen LogP contribution in [0.1, 0.15) is 11.1 Å². The lowest BCUT2D eigenvalue weighted by Gasteiger charge is -2.05. The van der Waals surface area contributed by atoms with Gasteiger partial charge in [0.05, 0.1) is 12.0 Å². The normalized spacial score (nSPS) is 9.50. The Morgan fingerprint density at radius 1 is 1.64 bits per heavy atom. The molecule has 1 N–H and O–H groups in total.